The van der Waals surface area contributed by atoms with Crippen LogP contribution in [0.5, 0.6) is 0 Å². The lowest BCUT2D eigenvalue weighted by Crippen LogP contribution is -2.42. The summed E-state index contributed by atoms with van der Waals surface area (Å²) in [6.07, 6.45) is 4.73. The Morgan fingerprint density at radius 3 is 2.08 bits per heavy atom. The van der Waals surface area contributed by atoms with Crippen molar-refractivity contribution in [3.05, 3.63) is 0 Å². The smallest absolute Gasteiger partial charge is 0.219 e. The topological polar surface area (TPSA) is 69.6 Å². The molecule has 0 saturated carbocycles. The largest absolute Gasteiger partial charge is 0.396 e. The first kappa shape index (κ1) is 26.3. The van der Waals surface area contributed by atoms with Gasteiger partial charge in [0.1, 0.15) is 5.78 Å². The van der Waals surface area contributed by atoms with Crippen LogP contribution < -0.4 is 5.32 Å². The summed E-state index contributed by atoms with van der Waals surface area (Å²) in [4.78, 5) is 24.0. The summed E-state index contributed by atoms with van der Waals surface area (Å²) < 4.78 is 0. The highest BCUT2D eigenvalue weighted by Crippen LogP contribution is 2.22. The molecule has 0 spiro atoms. The Kier molecular flexibility index (Phi) is 16.1. The van der Waals surface area contributed by atoms with E-state index in [1.807, 2.05) is 13.8 Å². The van der Waals surface area contributed by atoms with E-state index < -0.39 is 0 Å². The molecule has 1 aliphatic heterocycles. The Hall–Kier alpha value is -0.940. The summed E-state index contributed by atoms with van der Waals surface area (Å²) in [5, 5.41) is 11.7. The molecule has 0 aliphatic carbocycles. The van der Waals surface area contributed by atoms with E-state index in [1.165, 1.54) is 0 Å². The van der Waals surface area contributed by atoms with Gasteiger partial charge in [0.2, 0.25) is 5.91 Å². The van der Waals surface area contributed by atoms with Crippen molar-refractivity contribution < 1.29 is 14.7 Å². The van der Waals surface area contributed by atoms with Gasteiger partial charge < -0.3 is 15.3 Å². The second kappa shape index (κ2) is 15.3. The number of aliphatic hydroxyl groups excluding tert-OH is 1. The van der Waals surface area contributed by atoms with E-state index in [9.17, 15) is 14.7 Å². The van der Waals surface area contributed by atoms with Gasteiger partial charge in [0, 0.05) is 38.0 Å². The Bertz CT molecular complexity index is 349. The minimum absolute atomic E-state index is 0.0247. The lowest BCUT2D eigenvalue weighted by Gasteiger charge is -2.36. The average Bonchev–Trinajstić information content (AvgIpc) is 2.62. The number of nitrogens with zero attached hydrogens (tertiary/aromatic N) is 1. The number of piperidine rings is 1. The zero-order valence-corrected chi connectivity index (χ0v) is 17.7. The third-order valence-corrected chi connectivity index (χ3v) is 4.28. The zero-order chi connectivity index (χ0) is 19.9. The predicted molar refractivity (Wildman–Crippen MR) is 106 cm³/mol. The maximum Gasteiger partial charge on any atom is 0.219 e. The molecule has 5 nitrogen and oxygen atoms in total. The molecule has 0 atom stereocenters. The van der Waals surface area contributed by atoms with Crippen molar-refractivity contribution in [3.8, 4) is 0 Å². The second-order valence-corrected chi connectivity index (χ2v) is 7.26. The van der Waals surface area contributed by atoms with Gasteiger partial charge in [-0.3, -0.25) is 9.59 Å². The molecule has 0 aromatic rings. The maximum atomic E-state index is 11.2. The van der Waals surface area contributed by atoms with Gasteiger partial charge in [-0.1, -0.05) is 41.0 Å². The van der Waals surface area contributed by atoms with Crippen LogP contribution in [0.1, 0.15) is 73.6 Å². The van der Waals surface area contributed by atoms with Crippen molar-refractivity contribution in [1.82, 2.24) is 10.2 Å². The summed E-state index contributed by atoms with van der Waals surface area (Å²) in [6.45, 7) is 15.0. The molecule has 0 radical (unpaired) electrons. The Labute approximate surface area is 155 Å². The van der Waals surface area contributed by atoms with E-state index >= 15 is 0 Å². The molecule has 2 N–H and O–H groups in total. The van der Waals surface area contributed by atoms with Crippen LogP contribution in [-0.2, 0) is 9.59 Å². The van der Waals surface area contributed by atoms with Crippen LogP contribution in [0.2, 0.25) is 0 Å². The second-order valence-electron chi connectivity index (χ2n) is 7.26. The number of nitrogens with one attached hydrogen (secondary N) is 1. The van der Waals surface area contributed by atoms with E-state index in [4.69, 9.17) is 0 Å². The number of amides is 1. The number of carbonyl (C=O) groups excluding carboxylic acids is 2. The molecule has 0 aromatic heterocycles. The van der Waals surface area contributed by atoms with Crippen LogP contribution in [-0.4, -0.2) is 55.0 Å². The Morgan fingerprint density at radius 2 is 1.72 bits per heavy atom. The normalized spacial score (nSPS) is 15.4. The first-order chi connectivity index (χ1) is 11.8. The first-order valence-electron chi connectivity index (χ1n) is 9.80. The molecule has 1 saturated heterocycles. The third-order valence-electron chi connectivity index (χ3n) is 4.28. The van der Waals surface area contributed by atoms with Crippen molar-refractivity contribution in [3.63, 3.8) is 0 Å². The standard InChI is InChI=1S/C12H23NO2.C6H13NO.C2H6/c1-10(15)11-4-6-13(7-5-11)8-12(2,3)9-14;1-3-4-5-6(8)7-2;1-2/h11,14H,4-9H2,1-3H3;3-5H2,1-2H3,(H,7,8);1-2H3. The molecular weight excluding hydrogens is 316 g/mol. The van der Waals surface area contributed by atoms with Crippen molar-refractivity contribution in [2.24, 2.45) is 11.3 Å². The van der Waals surface area contributed by atoms with E-state index in [2.05, 4.69) is 31.0 Å². The number of rotatable bonds is 7. The molecule has 1 heterocycles. The number of likely N-dealkylation sites (tertiary alicyclic amines) is 1. The fraction of sp³-hybridized carbons (Fsp3) is 0.900. The molecule has 1 rings (SSSR count). The maximum absolute atomic E-state index is 11.2. The van der Waals surface area contributed by atoms with Gasteiger partial charge in [-0.15, -0.1) is 0 Å². The molecule has 25 heavy (non-hydrogen) atoms. The number of unbranched alkanes of at least 4 members (excludes halogenated alkanes) is 1. The van der Waals surface area contributed by atoms with E-state index in [0.29, 0.717) is 12.2 Å². The fourth-order valence-electron chi connectivity index (χ4n) is 2.62. The Balaban J connectivity index is 0. The number of hydrogen-bond donors (Lipinski definition) is 2. The fourth-order valence-corrected chi connectivity index (χ4v) is 2.62. The summed E-state index contributed by atoms with van der Waals surface area (Å²) in [6, 6.07) is 0. The molecule has 1 amide bonds. The minimum atomic E-state index is -0.0247. The van der Waals surface area contributed by atoms with Gasteiger partial charge in [0.25, 0.3) is 0 Å². The molecule has 5 heteroatoms. The van der Waals surface area contributed by atoms with Gasteiger partial charge in [0.15, 0.2) is 0 Å². The number of Topliss-reactive ketones (excluding diaryl/α,β-unsaturated/α-hetero) is 1. The monoisotopic (exact) mass is 358 g/mol. The van der Waals surface area contributed by atoms with Crippen LogP contribution in [0.3, 0.4) is 0 Å². The average molecular weight is 359 g/mol. The van der Waals surface area contributed by atoms with Crippen LogP contribution in [0.15, 0.2) is 0 Å². The van der Waals surface area contributed by atoms with E-state index in [0.717, 1.165) is 45.3 Å². The summed E-state index contributed by atoms with van der Waals surface area (Å²) in [5.74, 6) is 0.751. The molecule has 0 unspecified atom stereocenters. The van der Waals surface area contributed by atoms with Crippen molar-refractivity contribution in [2.75, 3.05) is 33.3 Å². The van der Waals surface area contributed by atoms with Crippen LogP contribution in [0.25, 0.3) is 0 Å². The van der Waals surface area contributed by atoms with E-state index in [1.54, 1.807) is 14.0 Å². The molecule has 1 aliphatic rings. The molecule has 1 fully saturated rings. The number of hydrogen-bond acceptors (Lipinski definition) is 4. The van der Waals surface area contributed by atoms with Crippen molar-refractivity contribution in [1.29, 1.82) is 0 Å². The van der Waals surface area contributed by atoms with Crippen LogP contribution in [0.4, 0.5) is 0 Å². The number of ketones is 1. The van der Waals surface area contributed by atoms with E-state index in [-0.39, 0.29) is 23.8 Å². The number of carbonyl (C=O) groups is 2. The van der Waals surface area contributed by atoms with Gasteiger partial charge in [-0.25, -0.2) is 0 Å². The molecule has 0 bridgehead atoms. The summed E-state index contributed by atoms with van der Waals surface area (Å²) in [7, 11) is 1.66. The first-order valence-corrected chi connectivity index (χ1v) is 9.80. The third kappa shape index (κ3) is 14.0. The van der Waals surface area contributed by atoms with Crippen molar-refractivity contribution >= 4 is 11.7 Å². The van der Waals surface area contributed by atoms with Crippen molar-refractivity contribution in [2.45, 2.75) is 73.6 Å². The highest BCUT2D eigenvalue weighted by Gasteiger charge is 2.26. The predicted octanol–water partition coefficient (Wildman–Crippen LogP) is 3.25. The number of aliphatic hydroxyl groups is 1. The summed E-state index contributed by atoms with van der Waals surface area (Å²) in [5.41, 5.74) is -0.0247. The van der Waals surface area contributed by atoms with Gasteiger partial charge in [0.05, 0.1) is 0 Å². The minimum Gasteiger partial charge on any atom is -0.396 e. The van der Waals surface area contributed by atoms with Crippen LogP contribution in [0, 0.1) is 11.3 Å². The molecule has 0 aromatic carbocycles. The quantitative estimate of drug-likeness (QED) is 0.733. The highest BCUT2D eigenvalue weighted by atomic mass is 16.3. The molecular formula is C20H42N2O3. The molecule has 150 valence electrons. The van der Waals surface area contributed by atoms with Crippen LogP contribution >= 0.6 is 0 Å². The summed E-state index contributed by atoms with van der Waals surface area (Å²) >= 11 is 0. The van der Waals surface area contributed by atoms with Gasteiger partial charge in [-0.05, 0) is 39.3 Å². The van der Waals surface area contributed by atoms with Gasteiger partial charge >= 0.3 is 0 Å². The highest BCUT2D eigenvalue weighted by molar-refractivity contribution is 5.78. The van der Waals surface area contributed by atoms with Gasteiger partial charge in [-0.2, -0.15) is 0 Å². The lowest BCUT2D eigenvalue weighted by atomic mass is 9.89. The zero-order valence-electron chi connectivity index (χ0n) is 17.7. The lowest BCUT2D eigenvalue weighted by molar-refractivity contribution is -0.122. The SMILES string of the molecule is CC.CC(=O)C1CCN(CC(C)(C)CO)CC1.CCCCC(=O)NC. The Morgan fingerprint density at radius 1 is 1.20 bits per heavy atom.